The second-order valence-corrected chi connectivity index (χ2v) is 8.48. The highest BCUT2D eigenvalue weighted by Crippen LogP contribution is 2.25. The van der Waals surface area contributed by atoms with E-state index >= 15 is 0 Å². The second kappa shape index (κ2) is 9.23. The van der Waals surface area contributed by atoms with Crippen molar-refractivity contribution in [3.8, 4) is 0 Å². The number of nitrogens with one attached hydrogen (secondary N) is 1. The fraction of sp³-hybridized carbons (Fsp3) is 0.263. The maximum Gasteiger partial charge on any atom is 0.338 e. The number of amides is 1. The van der Waals surface area contributed by atoms with Gasteiger partial charge in [0.25, 0.3) is 0 Å². The van der Waals surface area contributed by atoms with Gasteiger partial charge in [0.1, 0.15) is 12.4 Å². The van der Waals surface area contributed by atoms with E-state index in [4.69, 9.17) is 16.3 Å². The fourth-order valence-electron chi connectivity index (χ4n) is 2.51. The van der Waals surface area contributed by atoms with Crippen LogP contribution in [0, 0.1) is 12.7 Å². The van der Waals surface area contributed by atoms with Crippen molar-refractivity contribution in [1.29, 1.82) is 0 Å². The van der Waals surface area contributed by atoms with Crippen LogP contribution in [0.5, 0.6) is 0 Å². The number of hydrogen-bond acceptors (Lipinski definition) is 5. The van der Waals surface area contributed by atoms with Gasteiger partial charge in [-0.25, -0.2) is 17.6 Å². The molecule has 0 unspecified atom stereocenters. The van der Waals surface area contributed by atoms with Gasteiger partial charge in [0.05, 0.1) is 29.1 Å². The molecule has 0 aliphatic rings. The zero-order valence-corrected chi connectivity index (χ0v) is 17.6. The monoisotopic (exact) mass is 442 g/mol. The summed E-state index contributed by atoms with van der Waals surface area (Å²) in [7, 11) is -3.84. The molecule has 0 bridgehead atoms. The Morgan fingerprint density at radius 2 is 1.90 bits per heavy atom. The lowest BCUT2D eigenvalue weighted by molar-refractivity contribution is -0.114. The largest absolute Gasteiger partial charge is 0.462 e. The summed E-state index contributed by atoms with van der Waals surface area (Å²) >= 11 is 5.72. The van der Waals surface area contributed by atoms with Crippen LogP contribution in [0.15, 0.2) is 36.4 Å². The summed E-state index contributed by atoms with van der Waals surface area (Å²) in [4.78, 5) is 24.2. The van der Waals surface area contributed by atoms with Crippen LogP contribution in [0.4, 0.5) is 15.8 Å². The highest BCUT2D eigenvalue weighted by Gasteiger charge is 2.22. The molecule has 2 aromatic rings. The van der Waals surface area contributed by atoms with E-state index in [1.54, 1.807) is 19.9 Å². The first-order chi connectivity index (χ1) is 13.5. The van der Waals surface area contributed by atoms with Gasteiger partial charge in [-0.05, 0) is 55.8 Å². The van der Waals surface area contributed by atoms with E-state index in [2.05, 4.69) is 5.32 Å². The topological polar surface area (TPSA) is 92.8 Å². The molecule has 2 aromatic carbocycles. The molecule has 0 spiro atoms. The van der Waals surface area contributed by atoms with E-state index in [9.17, 15) is 22.4 Å². The van der Waals surface area contributed by atoms with Crippen molar-refractivity contribution in [3.05, 3.63) is 58.4 Å². The summed E-state index contributed by atoms with van der Waals surface area (Å²) in [6.45, 7) is 3.08. The standard InChI is InChI=1S/C19H20ClFN2O5S/c1-4-28-19(25)13-5-8-17(12(2)9-13)22-18(24)11-23(29(3,26)27)14-6-7-16(21)15(20)10-14/h5-10H,4,11H2,1-3H3,(H,22,24). The number of ether oxygens (including phenoxy) is 1. The number of nitrogens with zero attached hydrogens (tertiary/aromatic N) is 1. The molecule has 0 fully saturated rings. The van der Waals surface area contributed by atoms with Crippen molar-refractivity contribution in [2.24, 2.45) is 0 Å². The van der Waals surface area contributed by atoms with Crippen molar-refractivity contribution in [1.82, 2.24) is 0 Å². The Morgan fingerprint density at radius 3 is 2.45 bits per heavy atom. The number of aryl methyl sites for hydroxylation is 1. The van der Waals surface area contributed by atoms with E-state index < -0.39 is 34.3 Å². The van der Waals surface area contributed by atoms with Crippen molar-refractivity contribution in [3.63, 3.8) is 0 Å². The molecule has 0 aromatic heterocycles. The lowest BCUT2D eigenvalue weighted by Crippen LogP contribution is -2.37. The number of anilines is 2. The molecule has 0 heterocycles. The number of carbonyl (C=O) groups is 2. The number of hydrogen-bond donors (Lipinski definition) is 1. The molecule has 29 heavy (non-hydrogen) atoms. The van der Waals surface area contributed by atoms with Gasteiger partial charge in [-0.2, -0.15) is 0 Å². The lowest BCUT2D eigenvalue weighted by atomic mass is 10.1. The smallest absolute Gasteiger partial charge is 0.338 e. The number of rotatable bonds is 7. The Kier molecular flexibility index (Phi) is 7.21. The number of benzene rings is 2. The van der Waals surface area contributed by atoms with Gasteiger partial charge >= 0.3 is 5.97 Å². The van der Waals surface area contributed by atoms with Crippen LogP contribution < -0.4 is 9.62 Å². The molecule has 7 nitrogen and oxygen atoms in total. The van der Waals surface area contributed by atoms with E-state index in [0.717, 1.165) is 22.7 Å². The van der Waals surface area contributed by atoms with Gasteiger partial charge in [-0.15, -0.1) is 0 Å². The summed E-state index contributed by atoms with van der Waals surface area (Å²) in [6, 6.07) is 7.95. The second-order valence-electron chi connectivity index (χ2n) is 6.17. The van der Waals surface area contributed by atoms with Gasteiger partial charge in [-0.3, -0.25) is 9.10 Å². The van der Waals surface area contributed by atoms with Crippen LogP contribution in [-0.2, 0) is 19.6 Å². The molecule has 0 atom stereocenters. The van der Waals surface area contributed by atoms with Crippen LogP contribution in [-0.4, -0.2) is 39.7 Å². The SMILES string of the molecule is CCOC(=O)c1ccc(NC(=O)CN(c2ccc(F)c(Cl)c2)S(C)(=O)=O)c(C)c1. The highest BCUT2D eigenvalue weighted by atomic mass is 35.5. The van der Waals surface area contributed by atoms with E-state index in [1.165, 1.54) is 18.2 Å². The summed E-state index contributed by atoms with van der Waals surface area (Å²) in [6.07, 6.45) is 0.928. The van der Waals surface area contributed by atoms with Crippen molar-refractivity contribution in [2.45, 2.75) is 13.8 Å². The summed E-state index contributed by atoms with van der Waals surface area (Å²) < 4.78 is 43.4. The Labute approximate surface area is 173 Å². The minimum atomic E-state index is -3.84. The van der Waals surface area contributed by atoms with Crippen molar-refractivity contribution >= 4 is 44.9 Å². The average Bonchev–Trinajstić information content (AvgIpc) is 2.63. The maximum absolute atomic E-state index is 13.4. The third kappa shape index (κ3) is 5.91. The number of carbonyl (C=O) groups excluding carboxylic acids is 2. The van der Waals surface area contributed by atoms with Crippen LogP contribution in [0.2, 0.25) is 5.02 Å². The first-order valence-corrected chi connectivity index (χ1v) is 10.8. The maximum atomic E-state index is 13.4. The first kappa shape index (κ1) is 22.6. The minimum absolute atomic E-state index is 0.0587. The molecule has 2 rings (SSSR count). The lowest BCUT2D eigenvalue weighted by Gasteiger charge is -2.22. The summed E-state index contributed by atoms with van der Waals surface area (Å²) in [5.41, 5.74) is 1.40. The first-order valence-electron chi connectivity index (χ1n) is 8.53. The Morgan fingerprint density at radius 1 is 1.21 bits per heavy atom. The molecule has 0 saturated heterocycles. The predicted molar refractivity (Wildman–Crippen MR) is 109 cm³/mol. The van der Waals surface area contributed by atoms with Crippen LogP contribution in [0.3, 0.4) is 0 Å². The molecular weight excluding hydrogens is 423 g/mol. The molecule has 0 aliphatic carbocycles. The molecule has 0 saturated carbocycles. The van der Waals surface area contributed by atoms with Gasteiger partial charge in [0.15, 0.2) is 0 Å². The van der Waals surface area contributed by atoms with Crippen molar-refractivity contribution < 1.29 is 27.1 Å². The normalized spacial score (nSPS) is 11.1. The Balaban J connectivity index is 2.20. The van der Waals surface area contributed by atoms with E-state index in [1.807, 2.05) is 0 Å². The number of halogens is 2. The molecule has 1 amide bonds. The van der Waals surface area contributed by atoms with Crippen molar-refractivity contribution in [2.75, 3.05) is 29.0 Å². The number of sulfonamides is 1. The summed E-state index contributed by atoms with van der Waals surface area (Å²) in [5, 5.41) is 2.34. The zero-order valence-electron chi connectivity index (χ0n) is 16.0. The van der Waals surface area contributed by atoms with Gasteiger partial charge in [-0.1, -0.05) is 11.6 Å². The third-order valence-corrected chi connectivity index (χ3v) is 5.32. The molecule has 0 aliphatic heterocycles. The molecule has 1 N–H and O–H groups in total. The fourth-order valence-corrected chi connectivity index (χ4v) is 3.53. The van der Waals surface area contributed by atoms with E-state index in [-0.39, 0.29) is 17.3 Å². The average molecular weight is 443 g/mol. The minimum Gasteiger partial charge on any atom is -0.462 e. The quantitative estimate of drug-likeness (QED) is 0.663. The molecule has 0 radical (unpaired) electrons. The zero-order chi connectivity index (χ0) is 21.8. The summed E-state index contributed by atoms with van der Waals surface area (Å²) in [5.74, 6) is -1.81. The third-order valence-electron chi connectivity index (χ3n) is 3.89. The highest BCUT2D eigenvalue weighted by molar-refractivity contribution is 7.92. The van der Waals surface area contributed by atoms with Crippen LogP contribution in [0.1, 0.15) is 22.8 Å². The molecular formula is C19H20ClFN2O5S. The number of esters is 1. The van der Waals surface area contributed by atoms with Gasteiger partial charge in [0, 0.05) is 5.69 Å². The molecule has 156 valence electrons. The van der Waals surface area contributed by atoms with Gasteiger partial charge in [0.2, 0.25) is 15.9 Å². The van der Waals surface area contributed by atoms with Gasteiger partial charge < -0.3 is 10.1 Å². The predicted octanol–water partition coefficient (Wildman–Crippen LogP) is 3.37. The Bertz CT molecular complexity index is 1040. The molecule has 10 heteroatoms. The Hall–Kier alpha value is -2.65. The van der Waals surface area contributed by atoms with Crippen LogP contribution in [0.25, 0.3) is 0 Å². The van der Waals surface area contributed by atoms with Crippen LogP contribution >= 0.6 is 11.6 Å². The van der Waals surface area contributed by atoms with E-state index in [0.29, 0.717) is 16.8 Å².